The minimum Gasteiger partial charge on any atom is -0.396 e. The van der Waals surface area contributed by atoms with Gasteiger partial charge in [0.05, 0.1) is 11.4 Å². The van der Waals surface area contributed by atoms with Crippen LogP contribution in [0.2, 0.25) is 0 Å². The van der Waals surface area contributed by atoms with Gasteiger partial charge in [-0.3, -0.25) is 5.41 Å². The van der Waals surface area contributed by atoms with Gasteiger partial charge in [-0.15, -0.1) is 0 Å². The second kappa shape index (κ2) is 5.02. The first kappa shape index (κ1) is 13.3. The Morgan fingerprint density at radius 3 is 2.48 bits per heavy atom. The van der Waals surface area contributed by atoms with Crippen molar-refractivity contribution in [2.24, 2.45) is 0 Å². The average Bonchev–Trinajstić information content (AvgIpc) is 2.49. The summed E-state index contributed by atoms with van der Waals surface area (Å²) >= 11 is 0. The molecule has 0 fully saturated rings. The van der Waals surface area contributed by atoms with Crippen LogP contribution < -0.4 is 5.73 Å². The Bertz CT molecular complexity index is 853. The fourth-order valence-electron chi connectivity index (χ4n) is 2.46. The van der Waals surface area contributed by atoms with Crippen LogP contribution in [0, 0.1) is 18.2 Å². The molecule has 3 heteroatoms. The Kier molecular flexibility index (Phi) is 3.18. The Morgan fingerprint density at radius 1 is 1.00 bits per heavy atom. The summed E-state index contributed by atoms with van der Waals surface area (Å²) in [6.45, 7) is 1.79. The van der Waals surface area contributed by atoms with E-state index in [4.69, 9.17) is 11.1 Å². The molecule has 0 radical (unpaired) electrons. The molecule has 0 spiro atoms. The molecule has 0 saturated heterocycles. The zero-order valence-electron chi connectivity index (χ0n) is 11.7. The maximum atomic E-state index is 13.7. The average molecular weight is 278 g/mol. The number of halogens is 1. The fourth-order valence-corrected chi connectivity index (χ4v) is 2.46. The normalized spacial score (nSPS) is 10.8. The van der Waals surface area contributed by atoms with E-state index in [1.54, 1.807) is 13.0 Å². The van der Waals surface area contributed by atoms with Crippen molar-refractivity contribution in [3.63, 3.8) is 0 Å². The van der Waals surface area contributed by atoms with E-state index in [0.29, 0.717) is 5.56 Å². The van der Waals surface area contributed by atoms with E-state index >= 15 is 0 Å². The summed E-state index contributed by atoms with van der Waals surface area (Å²) in [6, 6.07) is 16.8. The Hall–Kier alpha value is -2.68. The molecule has 0 amide bonds. The van der Waals surface area contributed by atoms with E-state index < -0.39 is 5.82 Å². The molecule has 0 aliphatic heterocycles. The molecule has 0 heterocycles. The van der Waals surface area contributed by atoms with Gasteiger partial charge in [-0.25, -0.2) is 4.39 Å². The Morgan fingerprint density at radius 2 is 1.71 bits per heavy atom. The molecule has 0 saturated carbocycles. The molecule has 2 nitrogen and oxygen atoms in total. The summed E-state index contributed by atoms with van der Waals surface area (Å²) in [4.78, 5) is 0. The lowest BCUT2D eigenvalue weighted by Crippen LogP contribution is -2.08. The molecule has 104 valence electrons. The van der Waals surface area contributed by atoms with Crippen molar-refractivity contribution in [2.75, 3.05) is 5.73 Å². The van der Waals surface area contributed by atoms with E-state index in [1.165, 1.54) is 6.07 Å². The quantitative estimate of drug-likeness (QED) is 0.533. The van der Waals surface area contributed by atoms with Gasteiger partial charge in [0.15, 0.2) is 0 Å². The number of hydrogen-bond donors (Lipinski definition) is 2. The summed E-state index contributed by atoms with van der Waals surface area (Å²) in [6.07, 6.45) is 0. The maximum Gasteiger partial charge on any atom is 0.147 e. The zero-order valence-corrected chi connectivity index (χ0v) is 11.7. The molecule has 0 aliphatic rings. The fraction of sp³-hybridized carbons (Fsp3) is 0.0556. The number of nitrogens with two attached hydrogens (primary N) is 1. The highest BCUT2D eigenvalue weighted by Crippen LogP contribution is 2.23. The number of nitrogens with one attached hydrogen (secondary N) is 1. The Labute approximate surface area is 122 Å². The van der Waals surface area contributed by atoms with Gasteiger partial charge in [0.25, 0.3) is 0 Å². The van der Waals surface area contributed by atoms with E-state index in [-0.39, 0.29) is 11.4 Å². The van der Waals surface area contributed by atoms with Crippen molar-refractivity contribution in [2.45, 2.75) is 6.92 Å². The summed E-state index contributed by atoms with van der Waals surface area (Å²) in [5, 5.41) is 10.5. The number of nitrogen functional groups attached to an aromatic ring is 1. The van der Waals surface area contributed by atoms with Crippen molar-refractivity contribution in [1.29, 1.82) is 5.41 Å². The van der Waals surface area contributed by atoms with Crippen molar-refractivity contribution in [3.05, 3.63) is 77.1 Å². The third-order valence-corrected chi connectivity index (χ3v) is 3.58. The van der Waals surface area contributed by atoms with Gasteiger partial charge >= 0.3 is 0 Å². The molecule has 0 aromatic heterocycles. The molecule has 0 bridgehead atoms. The lowest BCUT2D eigenvalue weighted by Gasteiger charge is -2.11. The van der Waals surface area contributed by atoms with Crippen LogP contribution in [0.5, 0.6) is 0 Å². The molecule has 3 rings (SSSR count). The van der Waals surface area contributed by atoms with Crippen molar-refractivity contribution >= 4 is 22.2 Å². The van der Waals surface area contributed by atoms with Crippen LogP contribution in [0.25, 0.3) is 10.8 Å². The van der Waals surface area contributed by atoms with Gasteiger partial charge in [-0.1, -0.05) is 36.4 Å². The van der Waals surface area contributed by atoms with Crippen molar-refractivity contribution in [3.8, 4) is 0 Å². The molecule has 3 N–H and O–H groups in total. The number of aryl methyl sites for hydroxylation is 1. The highest BCUT2D eigenvalue weighted by Gasteiger charge is 2.13. The van der Waals surface area contributed by atoms with Crippen molar-refractivity contribution in [1.82, 2.24) is 0 Å². The number of rotatable bonds is 2. The monoisotopic (exact) mass is 278 g/mol. The molecule has 3 aromatic carbocycles. The summed E-state index contributed by atoms with van der Waals surface area (Å²) in [5.74, 6) is -0.476. The summed E-state index contributed by atoms with van der Waals surface area (Å²) in [7, 11) is 0. The van der Waals surface area contributed by atoms with E-state index in [1.807, 2.05) is 42.5 Å². The minimum absolute atomic E-state index is 0.0266. The SMILES string of the molecule is Cc1cc(F)c(N)c(C(=N)c2ccc3ccccc3c2)c1. The lowest BCUT2D eigenvalue weighted by atomic mass is 9.97. The molecule has 0 atom stereocenters. The minimum atomic E-state index is -0.476. The van der Waals surface area contributed by atoms with Crippen molar-refractivity contribution < 1.29 is 4.39 Å². The predicted octanol–water partition coefficient (Wildman–Crippen LogP) is 4.29. The second-order valence-corrected chi connectivity index (χ2v) is 5.14. The van der Waals surface area contributed by atoms with Gasteiger partial charge in [-0.2, -0.15) is 0 Å². The maximum absolute atomic E-state index is 13.7. The van der Waals surface area contributed by atoms with Gasteiger partial charge < -0.3 is 5.73 Å². The third kappa shape index (κ3) is 2.38. The Balaban J connectivity index is 2.12. The van der Waals surface area contributed by atoms with Crippen LogP contribution in [-0.2, 0) is 0 Å². The molecule has 21 heavy (non-hydrogen) atoms. The highest BCUT2D eigenvalue weighted by molar-refractivity contribution is 6.15. The third-order valence-electron chi connectivity index (χ3n) is 3.58. The van der Waals surface area contributed by atoms with Gasteiger partial charge in [-0.05, 0) is 41.5 Å². The number of hydrogen-bond acceptors (Lipinski definition) is 2. The smallest absolute Gasteiger partial charge is 0.147 e. The highest BCUT2D eigenvalue weighted by atomic mass is 19.1. The number of fused-ring (bicyclic) bond motifs is 1. The van der Waals surface area contributed by atoms with Crippen LogP contribution in [0.3, 0.4) is 0 Å². The second-order valence-electron chi connectivity index (χ2n) is 5.14. The van der Waals surface area contributed by atoms with E-state index in [0.717, 1.165) is 21.9 Å². The zero-order chi connectivity index (χ0) is 15.0. The van der Waals surface area contributed by atoms with E-state index in [9.17, 15) is 4.39 Å². The molecule has 0 aliphatic carbocycles. The number of anilines is 1. The molecule has 0 unspecified atom stereocenters. The van der Waals surface area contributed by atoms with Gasteiger partial charge in [0.2, 0.25) is 0 Å². The largest absolute Gasteiger partial charge is 0.396 e. The first-order chi connectivity index (χ1) is 10.1. The number of benzene rings is 3. The topological polar surface area (TPSA) is 49.9 Å². The summed E-state index contributed by atoms with van der Waals surface area (Å²) in [5.41, 5.74) is 7.96. The van der Waals surface area contributed by atoms with E-state index in [2.05, 4.69) is 0 Å². The molecular weight excluding hydrogens is 263 g/mol. The van der Waals surface area contributed by atoms with Crippen LogP contribution in [0.1, 0.15) is 16.7 Å². The van der Waals surface area contributed by atoms with Gasteiger partial charge in [0.1, 0.15) is 5.82 Å². The van der Waals surface area contributed by atoms with Crippen LogP contribution in [0.15, 0.2) is 54.6 Å². The summed E-state index contributed by atoms with van der Waals surface area (Å²) < 4.78 is 13.7. The lowest BCUT2D eigenvalue weighted by molar-refractivity contribution is 0.631. The molecule has 3 aromatic rings. The predicted molar refractivity (Wildman–Crippen MR) is 85.4 cm³/mol. The first-order valence-electron chi connectivity index (χ1n) is 6.70. The van der Waals surface area contributed by atoms with Gasteiger partial charge in [0, 0.05) is 11.1 Å². The van der Waals surface area contributed by atoms with Crippen LogP contribution in [-0.4, -0.2) is 5.71 Å². The van der Waals surface area contributed by atoms with Crippen LogP contribution in [0.4, 0.5) is 10.1 Å². The first-order valence-corrected chi connectivity index (χ1v) is 6.70. The standard InChI is InChI=1S/C18H15FN2/c1-11-8-15(18(21)16(19)9-11)17(20)14-7-6-12-4-2-3-5-13(12)10-14/h2-10,20H,21H2,1H3. The molecular formula is C18H15FN2. The van der Waals surface area contributed by atoms with Crippen LogP contribution >= 0.6 is 0 Å².